The van der Waals surface area contributed by atoms with Crippen molar-refractivity contribution in [3.05, 3.63) is 47.5 Å². The molecule has 0 aliphatic heterocycles. The molecule has 0 atom stereocenters. The molecular formula is C18H24. The van der Waals surface area contributed by atoms with Gasteiger partial charge in [-0.2, -0.15) is 0 Å². The molecule has 0 saturated heterocycles. The topological polar surface area (TPSA) is 0 Å². The Hall–Kier alpha value is -1.30. The van der Waals surface area contributed by atoms with Gasteiger partial charge in [0, 0.05) is 0 Å². The summed E-state index contributed by atoms with van der Waals surface area (Å²) in [4.78, 5) is 0. The lowest BCUT2D eigenvalue weighted by atomic mass is 9.78. The first-order valence-corrected chi connectivity index (χ1v) is 6.99. The third-order valence-electron chi connectivity index (χ3n) is 4.19. The van der Waals surface area contributed by atoms with E-state index in [9.17, 15) is 0 Å². The van der Waals surface area contributed by atoms with Crippen LogP contribution in [-0.4, -0.2) is 0 Å². The van der Waals surface area contributed by atoms with Gasteiger partial charge in [0.05, 0.1) is 0 Å². The van der Waals surface area contributed by atoms with E-state index >= 15 is 0 Å². The van der Waals surface area contributed by atoms with Gasteiger partial charge in [0.25, 0.3) is 0 Å². The Morgan fingerprint density at radius 2 is 1.56 bits per heavy atom. The third kappa shape index (κ3) is 2.16. The molecule has 0 heteroatoms. The number of hydrogen-bond acceptors (Lipinski definition) is 0. The molecule has 2 rings (SSSR count). The van der Waals surface area contributed by atoms with Gasteiger partial charge in [-0.15, -0.1) is 0 Å². The molecule has 0 aliphatic carbocycles. The summed E-state index contributed by atoms with van der Waals surface area (Å²) in [5.41, 5.74) is 3.18. The maximum atomic E-state index is 2.34. The van der Waals surface area contributed by atoms with Crippen LogP contribution in [0.5, 0.6) is 0 Å². The van der Waals surface area contributed by atoms with Gasteiger partial charge in [0.2, 0.25) is 0 Å². The highest BCUT2D eigenvalue weighted by Gasteiger charge is 2.21. The summed E-state index contributed by atoms with van der Waals surface area (Å²) in [5.74, 6) is 0.577. The molecule has 0 fully saturated rings. The third-order valence-corrected chi connectivity index (χ3v) is 4.19. The van der Waals surface area contributed by atoms with E-state index in [1.165, 1.54) is 21.9 Å². The van der Waals surface area contributed by atoms with E-state index in [-0.39, 0.29) is 5.41 Å². The van der Waals surface area contributed by atoms with Crippen molar-refractivity contribution < 1.29 is 0 Å². The molecule has 0 bridgehead atoms. The first-order valence-electron chi connectivity index (χ1n) is 6.99. The van der Waals surface area contributed by atoms with Crippen LogP contribution in [0.15, 0.2) is 36.4 Å². The SMILES string of the molecule is CCC(C)(C)c1ccc(C(C)C)c2ccccc12. The molecule has 0 nitrogen and oxygen atoms in total. The van der Waals surface area contributed by atoms with Crippen molar-refractivity contribution in [2.45, 2.75) is 52.4 Å². The molecule has 0 spiro atoms. The highest BCUT2D eigenvalue weighted by molar-refractivity contribution is 5.89. The van der Waals surface area contributed by atoms with Gasteiger partial charge in [0.1, 0.15) is 0 Å². The molecule has 2 aromatic carbocycles. The summed E-state index contributed by atoms with van der Waals surface area (Å²) >= 11 is 0. The van der Waals surface area contributed by atoms with Crippen LogP contribution in [-0.2, 0) is 5.41 Å². The van der Waals surface area contributed by atoms with Crippen LogP contribution in [0.25, 0.3) is 10.8 Å². The monoisotopic (exact) mass is 240 g/mol. The van der Waals surface area contributed by atoms with Crippen LogP contribution in [0.3, 0.4) is 0 Å². The fourth-order valence-corrected chi connectivity index (χ4v) is 2.61. The van der Waals surface area contributed by atoms with Crippen LogP contribution in [0.4, 0.5) is 0 Å². The molecule has 18 heavy (non-hydrogen) atoms. The second-order valence-corrected chi connectivity index (χ2v) is 6.14. The van der Waals surface area contributed by atoms with E-state index in [0.717, 1.165) is 6.42 Å². The molecule has 96 valence electrons. The Morgan fingerprint density at radius 1 is 0.944 bits per heavy atom. The lowest BCUT2D eigenvalue weighted by Crippen LogP contribution is -2.16. The van der Waals surface area contributed by atoms with Gasteiger partial charge in [-0.25, -0.2) is 0 Å². The number of benzene rings is 2. The lowest BCUT2D eigenvalue weighted by Gasteiger charge is -2.26. The van der Waals surface area contributed by atoms with E-state index in [4.69, 9.17) is 0 Å². The zero-order chi connectivity index (χ0) is 13.3. The van der Waals surface area contributed by atoms with E-state index in [2.05, 4.69) is 71.0 Å². The van der Waals surface area contributed by atoms with Gasteiger partial charge in [-0.1, -0.05) is 71.0 Å². The minimum absolute atomic E-state index is 0.245. The van der Waals surface area contributed by atoms with Crippen LogP contribution in [0.1, 0.15) is 58.1 Å². The maximum absolute atomic E-state index is 2.34. The van der Waals surface area contributed by atoms with Crippen LogP contribution >= 0.6 is 0 Å². The quantitative estimate of drug-likeness (QED) is 0.650. The Balaban J connectivity index is 2.76. The minimum Gasteiger partial charge on any atom is -0.0646 e. The normalized spacial score (nSPS) is 12.3. The van der Waals surface area contributed by atoms with E-state index in [1.807, 2.05) is 0 Å². The van der Waals surface area contributed by atoms with Crippen molar-refractivity contribution in [2.24, 2.45) is 0 Å². The minimum atomic E-state index is 0.245. The second-order valence-electron chi connectivity index (χ2n) is 6.14. The summed E-state index contributed by atoms with van der Waals surface area (Å²) in [6.45, 7) is 11.5. The fraction of sp³-hybridized carbons (Fsp3) is 0.444. The molecule has 0 N–H and O–H groups in total. The Labute approximate surface area is 111 Å². The van der Waals surface area contributed by atoms with Crippen molar-refractivity contribution in [3.8, 4) is 0 Å². The first-order chi connectivity index (χ1) is 8.47. The maximum Gasteiger partial charge on any atom is -0.0100 e. The second kappa shape index (κ2) is 4.76. The van der Waals surface area contributed by atoms with Crippen molar-refractivity contribution in [1.29, 1.82) is 0 Å². The zero-order valence-electron chi connectivity index (χ0n) is 12.2. The highest BCUT2D eigenvalue weighted by atomic mass is 14.3. The van der Waals surface area contributed by atoms with Crippen molar-refractivity contribution in [3.63, 3.8) is 0 Å². The van der Waals surface area contributed by atoms with Gasteiger partial charge in [-0.05, 0) is 39.7 Å². The van der Waals surface area contributed by atoms with Crippen molar-refractivity contribution in [2.75, 3.05) is 0 Å². The Kier molecular flexibility index (Phi) is 3.47. The molecule has 0 radical (unpaired) electrons. The van der Waals surface area contributed by atoms with Crippen LogP contribution < -0.4 is 0 Å². The predicted octanol–water partition coefficient (Wildman–Crippen LogP) is 5.65. The van der Waals surface area contributed by atoms with Crippen LogP contribution in [0, 0.1) is 0 Å². The Bertz CT molecular complexity index is 547. The van der Waals surface area contributed by atoms with Gasteiger partial charge in [0.15, 0.2) is 0 Å². The summed E-state index contributed by atoms with van der Waals surface area (Å²) < 4.78 is 0. The molecule has 0 aromatic heterocycles. The standard InChI is InChI=1S/C18H24/c1-6-18(4,5)17-12-11-14(13(2)3)15-9-7-8-10-16(15)17/h7-13H,6H2,1-5H3. The molecule has 2 aromatic rings. The Morgan fingerprint density at radius 3 is 2.11 bits per heavy atom. The molecular weight excluding hydrogens is 216 g/mol. The summed E-state index contributed by atoms with van der Waals surface area (Å²) in [5, 5.41) is 2.85. The summed E-state index contributed by atoms with van der Waals surface area (Å²) in [6, 6.07) is 13.5. The van der Waals surface area contributed by atoms with Gasteiger partial charge in [-0.3, -0.25) is 0 Å². The highest BCUT2D eigenvalue weighted by Crippen LogP contribution is 2.35. The summed E-state index contributed by atoms with van der Waals surface area (Å²) in [7, 11) is 0. The molecule has 0 amide bonds. The van der Waals surface area contributed by atoms with Gasteiger partial charge >= 0.3 is 0 Å². The molecule has 0 saturated carbocycles. The zero-order valence-corrected chi connectivity index (χ0v) is 12.2. The average molecular weight is 240 g/mol. The van der Waals surface area contributed by atoms with E-state index in [0.29, 0.717) is 5.92 Å². The van der Waals surface area contributed by atoms with E-state index < -0.39 is 0 Å². The lowest BCUT2D eigenvalue weighted by molar-refractivity contribution is 0.510. The summed E-state index contributed by atoms with van der Waals surface area (Å²) in [6.07, 6.45) is 1.16. The fourth-order valence-electron chi connectivity index (χ4n) is 2.61. The molecule has 0 unspecified atom stereocenters. The number of rotatable bonds is 3. The van der Waals surface area contributed by atoms with E-state index in [1.54, 1.807) is 0 Å². The number of fused-ring (bicyclic) bond motifs is 1. The van der Waals surface area contributed by atoms with Crippen molar-refractivity contribution in [1.82, 2.24) is 0 Å². The van der Waals surface area contributed by atoms with Crippen LogP contribution in [0.2, 0.25) is 0 Å². The first kappa shape index (κ1) is 13.1. The smallest absolute Gasteiger partial charge is 0.0100 e. The molecule has 0 aliphatic rings. The van der Waals surface area contributed by atoms with Gasteiger partial charge < -0.3 is 0 Å². The average Bonchev–Trinajstić information content (AvgIpc) is 2.37. The number of hydrogen-bond donors (Lipinski definition) is 0. The molecule has 0 heterocycles. The predicted molar refractivity (Wildman–Crippen MR) is 81.4 cm³/mol. The van der Waals surface area contributed by atoms with Crippen molar-refractivity contribution >= 4 is 10.8 Å². The largest absolute Gasteiger partial charge is 0.0646 e.